The first-order valence-electron chi connectivity index (χ1n) is 9.70. The van der Waals surface area contributed by atoms with Crippen LogP contribution in [0.2, 0.25) is 0 Å². The molecule has 1 aromatic carbocycles. The van der Waals surface area contributed by atoms with Crippen LogP contribution in [0.4, 0.5) is 14.5 Å². The number of fused-ring (bicyclic) bond motifs is 1. The molecule has 1 amide bonds. The molecule has 4 rings (SSSR count). The number of carbonyl (C=O) groups is 1. The minimum Gasteiger partial charge on any atom is -0.381 e. The van der Waals surface area contributed by atoms with Crippen LogP contribution >= 0.6 is 10.8 Å². The molecule has 0 bridgehead atoms. The molecule has 3 atom stereocenters. The summed E-state index contributed by atoms with van der Waals surface area (Å²) >= 11 is 0. The van der Waals surface area contributed by atoms with E-state index in [0.29, 0.717) is 0 Å². The molecule has 0 spiro atoms. The van der Waals surface area contributed by atoms with Gasteiger partial charge >= 0.3 is 0 Å². The number of benzene rings is 1. The monoisotopic (exact) mass is 467 g/mol. The van der Waals surface area contributed by atoms with Crippen LogP contribution in [0, 0.1) is 11.6 Å². The van der Waals surface area contributed by atoms with Gasteiger partial charge in [-0.15, -0.1) is 10.8 Å². The lowest BCUT2D eigenvalue weighted by Crippen LogP contribution is -2.52. The number of nitrogens with one attached hydrogen (secondary N) is 1. The molecule has 172 valence electrons. The Morgan fingerprint density at radius 2 is 2.09 bits per heavy atom. The van der Waals surface area contributed by atoms with Crippen molar-refractivity contribution in [3.63, 3.8) is 0 Å². The first-order valence-corrected chi connectivity index (χ1v) is 11.3. The molecule has 2 aliphatic rings. The number of guanidine groups is 1. The third-order valence-corrected chi connectivity index (χ3v) is 8.29. The fraction of sp³-hybridized carbons (Fsp3) is 0.350. The van der Waals surface area contributed by atoms with E-state index in [1.54, 1.807) is 0 Å². The molecule has 5 N–H and O–H groups in total. The second-order valence-electron chi connectivity index (χ2n) is 7.75. The number of carbonyl (C=O) groups excluding carboxylic acids is 1. The highest BCUT2D eigenvalue weighted by Crippen LogP contribution is 2.64. The number of methoxy groups -OCH3 is 1. The fourth-order valence-electron chi connectivity index (χ4n) is 4.27. The Morgan fingerprint density at radius 3 is 2.75 bits per heavy atom. The van der Waals surface area contributed by atoms with Crippen molar-refractivity contribution in [2.75, 3.05) is 19.5 Å². The molecule has 2 heterocycles. The van der Waals surface area contributed by atoms with Crippen molar-refractivity contribution in [1.29, 1.82) is 0 Å². The molecule has 32 heavy (non-hydrogen) atoms. The lowest BCUT2D eigenvalue weighted by atomic mass is 9.87. The van der Waals surface area contributed by atoms with Gasteiger partial charge in [-0.05, 0) is 36.8 Å². The van der Waals surface area contributed by atoms with Crippen LogP contribution in [-0.2, 0) is 10.3 Å². The number of anilines is 1. The Labute approximate surface area is 184 Å². The number of hydrogen-bond acceptors (Lipinski definition) is 8. The lowest BCUT2D eigenvalue weighted by molar-refractivity contribution is 0.102. The topological polar surface area (TPSA) is 133 Å². The molecule has 3 unspecified atom stereocenters. The molecule has 2 aromatic rings. The first kappa shape index (κ1) is 22.4. The van der Waals surface area contributed by atoms with E-state index in [9.17, 15) is 18.3 Å². The van der Waals surface area contributed by atoms with Crippen LogP contribution < -0.4 is 11.1 Å². The Bertz CT molecular complexity index is 1080. The van der Waals surface area contributed by atoms with Gasteiger partial charge in [-0.25, -0.2) is 23.1 Å². The number of nitrogens with two attached hydrogens (primary N) is 1. The molecule has 0 radical (unpaired) electrons. The average molecular weight is 467 g/mol. The van der Waals surface area contributed by atoms with E-state index in [0.717, 1.165) is 22.6 Å². The number of pyridine rings is 1. The number of hydrogen-bond donors (Lipinski definition) is 4. The van der Waals surface area contributed by atoms with Gasteiger partial charge in [0, 0.05) is 31.8 Å². The highest BCUT2D eigenvalue weighted by molar-refractivity contribution is 8.23. The Balaban J connectivity index is 1.76. The zero-order valence-electron chi connectivity index (χ0n) is 17.3. The van der Waals surface area contributed by atoms with Crippen molar-refractivity contribution in [1.82, 2.24) is 9.29 Å². The third kappa shape index (κ3) is 3.58. The van der Waals surface area contributed by atoms with Gasteiger partial charge in [-0.3, -0.25) is 13.9 Å². The van der Waals surface area contributed by atoms with Crippen molar-refractivity contribution < 1.29 is 27.4 Å². The van der Waals surface area contributed by atoms with Crippen molar-refractivity contribution >= 4 is 28.3 Å². The van der Waals surface area contributed by atoms with Gasteiger partial charge in [0.05, 0.1) is 12.3 Å². The van der Waals surface area contributed by atoms with E-state index in [2.05, 4.69) is 15.3 Å². The maximum atomic E-state index is 15.1. The number of aromatic nitrogens is 1. The minimum atomic E-state index is -3.44. The van der Waals surface area contributed by atoms with E-state index in [4.69, 9.17) is 10.5 Å². The van der Waals surface area contributed by atoms with Gasteiger partial charge in [0.1, 0.15) is 28.1 Å². The van der Waals surface area contributed by atoms with Gasteiger partial charge in [-0.2, -0.15) is 0 Å². The maximum absolute atomic E-state index is 15.1. The fourth-order valence-corrected chi connectivity index (χ4v) is 6.24. The van der Waals surface area contributed by atoms with Crippen LogP contribution in [0.25, 0.3) is 0 Å². The van der Waals surface area contributed by atoms with Crippen LogP contribution in [0.3, 0.4) is 0 Å². The van der Waals surface area contributed by atoms with Crippen LogP contribution in [0.5, 0.6) is 0 Å². The molecule has 1 aliphatic carbocycles. The largest absolute Gasteiger partial charge is 0.381 e. The van der Waals surface area contributed by atoms with Crippen molar-refractivity contribution in [2.24, 2.45) is 10.7 Å². The normalized spacial score (nSPS) is 27.4. The molecule has 1 aliphatic heterocycles. The zero-order valence-corrected chi connectivity index (χ0v) is 18.1. The van der Waals surface area contributed by atoms with Gasteiger partial charge in [-0.1, -0.05) is 0 Å². The molecule has 1 saturated carbocycles. The smallest absolute Gasteiger partial charge is 0.274 e. The number of ether oxygens (including phenoxy) is 1. The molecule has 1 fully saturated rings. The summed E-state index contributed by atoms with van der Waals surface area (Å²) in [5, 5.41) is 1.72. The number of nitrogens with zero attached hydrogens (tertiary/aromatic N) is 3. The highest BCUT2D eigenvalue weighted by Gasteiger charge is 2.59. The molecule has 0 saturated heterocycles. The second-order valence-corrected chi connectivity index (χ2v) is 9.99. The standard InChI is InChI=1S/C20H23F2N5O4S/c1-27-19(23)26-20(9-13(31-2)8-17(20)32(27,29)30)14-7-12(4-5-15(14)22)25-18(28)16-6-3-11(21)10-24-16/h3-7,10,13,17,29-30H,8-9H2,1-2H3,(H2,23,26)(H,25,28). The van der Waals surface area contributed by atoms with Crippen LogP contribution in [0.1, 0.15) is 28.9 Å². The lowest BCUT2D eigenvalue weighted by Gasteiger charge is -2.53. The van der Waals surface area contributed by atoms with E-state index in [1.807, 2.05) is 0 Å². The summed E-state index contributed by atoms with van der Waals surface area (Å²) in [5.74, 6) is -1.97. The van der Waals surface area contributed by atoms with Gasteiger partial charge in [0.25, 0.3) is 5.91 Å². The molecular weight excluding hydrogens is 444 g/mol. The van der Waals surface area contributed by atoms with Gasteiger partial charge < -0.3 is 15.8 Å². The summed E-state index contributed by atoms with van der Waals surface area (Å²) in [5.41, 5.74) is 4.85. The summed E-state index contributed by atoms with van der Waals surface area (Å²) in [6.45, 7) is 0. The molecule has 12 heteroatoms. The molecule has 1 aromatic heterocycles. The molecule has 9 nitrogen and oxygen atoms in total. The summed E-state index contributed by atoms with van der Waals surface area (Å²) in [4.78, 5) is 20.7. The summed E-state index contributed by atoms with van der Waals surface area (Å²) < 4.78 is 56.6. The number of halogens is 2. The summed E-state index contributed by atoms with van der Waals surface area (Å²) in [6.07, 6.45) is 0.913. The van der Waals surface area contributed by atoms with Crippen molar-refractivity contribution in [3.8, 4) is 0 Å². The zero-order chi connectivity index (χ0) is 23.3. The maximum Gasteiger partial charge on any atom is 0.274 e. The second kappa shape index (κ2) is 7.96. The number of amides is 1. The van der Waals surface area contributed by atoms with E-state index in [1.165, 1.54) is 32.4 Å². The van der Waals surface area contributed by atoms with Gasteiger partial charge in [0.15, 0.2) is 0 Å². The first-order chi connectivity index (χ1) is 15.1. The predicted octanol–water partition coefficient (Wildman–Crippen LogP) is 2.91. The Morgan fingerprint density at radius 1 is 1.34 bits per heavy atom. The SMILES string of the molecule is COC1CC2C(c3cc(NC(=O)c4ccc(F)cn4)ccc3F)(C1)N=C(N)N(C)S2(O)O. The van der Waals surface area contributed by atoms with Gasteiger partial charge in [0.2, 0.25) is 5.96 Å². The van der Waals surface area contributed by atoms with E-state index in [-0.39, 0.29) is 35.7 Å². The molecular formula is C20H23F2N5O4S. The van der Waals surface area contributed by atoms with Crippen LogP contribution in [-0.4, -0.2) is 55.8 Å². The number of aliphatic imine (C=N–C) groups is 1. The van der Waals surface area contributed by atoms with E-state index < -0.39 is 45.2 Å². The Hall–Kier alpha value is -2.80. The predicted molar refractivity (Wildman–Crippen MR) is 116 cm³/mol. The Kier molecular flexibility index (Phi) is 5.57. The third-order valence-electron chi connectivity index (χ3n) is 5.95. The quantitative estimate of drug-likeness (QED) is 0.543. The summed E-state index contributed by atoms with van der Waals surface area (Å²) in [6, 6.07) is 6.23. The van der Waals surface area contributed by atoms with Crippen molar-refractivity contribution in [3.05, 3.63) is 59.4 Å². The summed E-state index contributed by atoms with van der Waals surface area (Å²) in [7, 11) is -0.535. The van der Waals surface area contributed by atoms with Crippen molar-refractivity contribution in [2.45, 2.75) is 29.7 Å². The van der Waals surface area contributed by atoms with Crippen LogP contribution in [0.15, 0.2) is 41.5 Å². The van der Waals surface area contributed by atoms with E-state index >= 15 is 4.39 Å². The number of rotatable bonds is 4. The highest BCUT2D eigenvalue weighted by atomic mass is 32.3. The average Bonchev–Trinajstić information content (AvgIpc) is 3.15. The minimum absolute atomic E-state index is 0.0237.